The molecule has 0 spiro atoms. The molecule has 0 aliphatic heterocycles. The second-order valence-corrected chi connectivity index (χ2v) is 5.89. The summed E-state index contributed by atoms with van der Waals surface area (Å²) in [7, 11) is 8.02. The van der Waals surface area contributed by atoms with Crippen LogP contribution >= 0.6 is 24.0 Å². The van der Waals surface area contributed by atoms with E-state index in [4.69, 9.17) is 9.73 Å². The smallest absolute Gasteiger partial charge is 0.195 e. The fourth-order valence-electron chi connectivity index (χ4n) is 2.44. The largest absolute Gasteiger partial charge is 0.492 e. The average molecular weight is 448 g/mol. The fourth-order valence-corrected chi connectivity index (χ4v) is 2.44. The first kappa shape index (κ1) is 23.0. The van der Waals surface area contributed by atoms with Crippen LogP contribution < -0.4 is 4.74 Å². The summed E-state index contributed by atoms with van der Waals surface area (Å²) in [6, 6.07) is 8.16. The van der Waals surface area contributed by atoms with Crippen LogP contribution in [-0.2, 0) is 6.54 Å². The summed E-state index contributed by atoms with van der Waals surface area (Å²) < 4.78 is 5.99. The van der Waals surface area contributed by atoms with Gasteiger partial charge in [0.05, 0.1) is 6.54 Å². The first-order valence-corrected chi connectivity index (χ1v) is 8.31. The zero-order valence-electron chi connectivity index (χ0n) is 16.0. The van der Waals surface area contributed by atoms with Gasteiger partial charge in [0.2, 0.25) is 0 Å². The molecule has 1 aromatic carbocycles. The summed E-state index contributed by atoms with van der Waals surface area (Å²) in [5.41, 5.74) is 1.12. The van der Waals surface area contributed by atoms with E-state index in [2.05, 4.69) is 24.8 Å². The van der Waals surface area contributed by atoms with Gasteiger partial charge in [-0.15, -0.1) is 24.0 Å². The number of hydrogen-bond acceptors (Lipinski definition) is 3. The molecule has 0 N–H and O–H groups in total. The number of rotatable bonds is 8. The van der Waals surface area contributed by atoms with Crippen LogP contribution in [0.4, 0.5) is 0 Å². The first-order chi connectivity index (χ1) is 11.0. The second-order valence-electron chi connectivity index (χ2n) is 5.89. The molecule has 138 valence electrons. The number of halogens is 1. The lowest BCUT2D eigenvalue weighted by Gasteiger charge is -2.23. The molecule has 6 heteroatoms. The lowest BCUT2D eigenvalue weighted by atomic mass is 10.2. The molecule has 0 saturated carbocycles. The lowest BCUT2D eigenvalue weighted by Crippen LogP contribution is -2.35. The maximum absolute atomic E-state index is 5.99. The molecule has 0 bridgehead atoms. The third-order valence-electron chi connectivity index (χ3n) is 3.72. The van der Waals surface area contributed by atoms with Gasteiger partial charge in [0.15, 0.2) is 5.96 Å². The van der Waals surface area contributed by atoms with E-state index < -0.39 is 0 Å². The molecule has 1 rings (SSSR count). The Hall–Kier alpha value is -1.02. The van der Waals surface area contributed by atoms with Gasteiger partial charge in [0.25, 0.3) is 0 Å². The second kappa shape index (κ2) is 12.4. The van der Waals surface area contributed by atoms with Crippen molar-refractivity contribution in [2.45, 2.75) is 20.4 Å². The van der Waals surface area contributed by atoms with E-state index in [1.165, 1.54) is 0 Å². The SMILES string of the molecule is CCN(CC)CCOc1ccccc1CN=C(N(C)C)N(C)C.I. The van der Waals surface area contributed by atoms with Gasteiger partial charge in [0, 0.05) is 40.3 Å². The number of benzene rings is 1. The van der Waals surface area contributed by atoms with Gasteiger partial charge in [-0.2, -0.15) is 0 Å². The Morgan fingerprint density at radius 1 is 1.00 bits per heavy atom. The summed E-state index contributed by atoms with van der Waals surface area (Å²) >= 11 is 0. The standard InChI is InChI=1S/C18H32N4O.HI/c1-7-22(8-2)13-14-23-17-12-10-9-11-16(17)15-19-18(20(3)4)21(5)6;/h9-12H,7-8,13-15H2,1-6H3;1H. The molecular weight excluding hydrogens is 415 g/mol. The van der Waals surface area contributed by atoms with Crippen molar-refractivity contribution in [3.8, 4) is 5.75 Å². The zero-order valence-corrected chi connectivity index (χ0v) is 18.3. The number of ether oxygens (including phenoxy) is 1. The van der Waals surface area contributed by atoms with Gasteiger partial charge in [-0.1, -0.05) is 32.0 Å². The van der Waals surface area contributed by atoms with Gasteiger partial charge in [0.1, 0.15) is 12.4 Å². The minimum atomic E-state index is 0. The van der Waals surface area contributed by atoms with Crippen LogP contribution in [0, 0.1) is 0 Å². The first-order valence-electron chi connectivity index (χ1n) is 8.31. The Morgan fingerprint density at radius 2 is 1.58 bits per heavy atom. The van der Waals surface area contributed by atoms with Crippen LogP contribution in [0.5, 0.6) is 5.75 Å². The summed E-state index contributed by atoms with van der Waals surface area (Å²) in [4.78, 5) is 11.1. The van der Waals surface area contributed by atoms with E-state index in [9.17, 15) is 0 Å². The van der Waals surface area contributed by atoms with E-state index in [-0.39, 0.29) is 24.0 Å². The molecule has 0 heterocycles. The molecule has 0 aromatic heterocycles. The third kappa shape index (κ3) is 7.70. The summed E-state index contributed by atoms with van der Waals surface area (Å²) in [6.45, 7) is 8.74. The van der Waals surface area contributed by atoms with Crippen LogP contribution in [0.2, 0.25) is 0 Å². The van der Waals surface area contributed by atoms with Crippen LogP contribution in [0.15, 0.2) is 29.3 Å². The molecule has 0 radical (unpaired) electrons. The minimum Gasteiger partial charge on any atom is -0.492 e. The van der Waals surface area contributed by atoms with E-state index in [1.54, 1.807) is 0 Å². The number of nitrogens with zero attached hydrogens (tertiary/aromatic N) is 4. The van der Waals surface area contributed by atoms with Crippen molar-refractivity contribution in [1.82, 2.24) is 14.7 Å². The van der Waals surface area contributed by atoms with Crippen molar-refractivity contribution in [2.24, 2.45) is 4.99 Å². The summed E-state index contributed by atoms with van der Waals surface area (Å²) in [5, 5.41) is 0. The Kier molecular flexibility index (Phi) is 11.8. The minimum absolute atomic E-state index is 0. The lowest BCUT2D eigenvalue weighted by molar-refractivity contribution is 0.221. The van der Waals surface area contributed by atoms with Crippen LogP contribution in [0.3, 0.4) is 0 Å². The monoisotopic (exact) mass is 448 g/mol. The quantitative estimate of drug-likeness (QED) is 0.348. The number of para-hydroxylation sites is 1. The number of hydrogen-bond donors (Lipinski definition) is 0. The molecule has 0 saturated heterocycles. The Bertz CT molecular complexity index is 478. The number of likely N-dealkylation sites (N-methyl/N-ethyl adjacent to an activating group) is 1. The van der Waals surface area contributed by atoms with Crippen LogP contribution in [0.1, 0.15) is 19.4 Å². The number of aliphatic imine (C=N–C) groups is 1. The van der Waals surface area contributed by atoms with Crippen molar-refractivity contribution >= 4 is 29.9 Å². The van der Waals surface area contributed by atoms with Gasteiger partial charge >= 0.3 is 0 Å². The zero-order chi connectivity index (χ0) is 17.2. The molecule has 5 nitrogen and oxygen atoms in total. The van der Waals surface area contributed by atoms with Gasteiger partial charge in [-0.3, -0.25) is 0 Å². The van der Waals surface area contributed by atoms with Crippen LogP contribution in [0.25, 0.3) is 0 Å². The predicted octanol–water partition coefficient (Wildman–Crippen LogP) is 3.00. The van der Waals surface area contributed by atoms with Crippen LogP contribution in [-0.4, -0.2) is 75.1 Å². The molecule has 0 aliphatic carbocycles. The fraction of sp³-hybridized carbons (Fsp3) is 0.611. The normalized spacial score (nSPS) is 10.1. The number of guanidine groups is 1. The van der Waals surface area contributed by atoms with E-state index in [0.29, 0.717) is 13.2 Å². The molecule has 0 fully saturated rings. The Morgan fingerprint density at radius 3 is 2.12 bits per heavy atom. The van der Waals surface area contributed by atoms with Gasteiger partial charge in [-0.25, -0.2) is 4.99 Å². The highest BCUT2D eigenvalue weighted by Gasteiger charge is 2.07. The van der Waals surface area contributed by atoms with E-state index >= 15 is 0 Å². The molecule has 0 amide bonds. The van der Waals surface area contributed by atoms with Crippen molar-refractivity contribution < 1.29 is 4.74 Å². The third-order valence-corrected chi connectivity index (χ3v) is 3.72. The Balaban J connectivity index is 0.00000529. The summed E-state index contributed by atoms with van der Waals surface area (Å²) in [6.07, 6.45) is 0. The molecule has 0 aliphatic rings. The highest BCUT2D eigenvalue weighted by molar-refractivity contribution is 14.0. The van der Waals surface area contributed by atoms with Crippen molar-refractivity contribution in [3.63, 3.8) is 0 Å². The van der Waals surface area contributed by atoms with E-state index in [0.717, 1.165) is 36.9 Å². The maximum Gasteiger partial charge on any atom is 0.195 e. The Labute approximate surface area is 164 Å². The predicted molar refractivity (Wildman–Crippen MR) is 114 cm³/mol. The highest BCUT2D eigenvalue weighted by Crippen LogP contribution is 2.19. The van der Waals surface area contributed by atoms with Gasteiger partial charge in [-0.05, 0) is 19.2 Å². The maximum atomic E-state index is 5.99. The molecular formula is C18H33IN4O. The van der Waals surface area contributed by atoms with E-state index in [1.807, 2.05) is 56.2 Å². The van der Waals surface area contributed by atoms with Crippen molar-refractivity contribution in [3.05, 3.63) is 29.8 Å². The highest BCUT2D eigenvalue weighted by atomic mass is 127. The topological polar surface area (TPSA) is 31.3 Å². The molecule has 24 heavy (non-hydrogen) atoms. The average Bonchev–Trinajstić information content (AvgIpc) is 2.52. The molecule has 1 aromatic rings. The van der Waals surface area contributed by atoms with Crippen molar-refractivity contribution in [2.75, 3.05) is 54.4 Å². The summed E-state index contributed by atoms with van der Waals surface area (Å²) in [5.74, 6) is 1.88. The molecule has 0 unspecified atom stereocenters. The van der Waals surface area contributed by atoms with Crippen molar-refractivity contribution in [1.29, 1.82) is 0 Å². The van der Waals surface area contributed by atoms with Gasteiger partial charge < -0.3 is 19.4 Å². The molecule has 0 atom stereocenters.